The Morgan fingerprint density at radius 2 is 1.89 bits per heavy atom. The van der Waals surface area contributed by atoms with E-state index >= 15 is 0 Å². The summed E-state index contributed by atoms with van der Waals surface area (Å²) >= 11 is 0. The van der Waals surface area contributed by atoms with Gasteiger partial charge in [-0.25, -0.2) is 14.8 Å². The molecule has 10 heteroatoms. The number of carbonyl (C=O) groups is 3. The topological polar surface area (TPSA) is 131 Å². The quantitative estimate of drug-likeness (QED) is 0.447. The van der Waals surface area contributed by atoms with Crippen LogP contribution < -0.4 is 16.0 Å². The van der Waals surface area contributed by atoms with Crippen LogP contribution in [0.4, 0.5) is 16.3 Å². The number of amides is 3. The van der Waals surface area contributed by atoms with Crippen LogP contribution >= 0.6 is 0 Å². The van der Waals surface area contributed by atoms with Crippen molar-refractivity contribution in [2.45, 2.75) is 45.3 Å². The third-order valence-corrected chi connectivity index (χ3v) is 5.18. The molecule has 0 spiro atoms. The number of benzene rings is 1. The van der Waals surface area contributed by atoms with Gasteiger partial charge in [-0.05, 0) is 42.2 Å². The van der Waals surface area contributed by atoms with Crippen LogP contribution in [0.25, 0.3) is 0 Å². The summed E-state index contributed by atoms with van der Waals surface area (Å²) in [5.41, 5.74) is 1.38. The van der Waals surface area contributed by atoms with Gasteiger partial charge in [0, 0.05) is 11.9 Å². The number of carbonyl (C=O) groups excluding carboxylic acids is 3. The smallest absolute Gasteiger partial charge is 0.324 e. The fraction of sp³-hybridized carbons (Fsp3) is 0.400. The number of nitrogens with zero attached hydrogens (tertiary/aromatic N) is 2. The minimum absolute atomic E-state index is 0.117. The molecule has 3 amide bonds. The van der Waals surface area contributed by atoms with Gasteiger partial charge in [0.1, 0.15) is 18.0 Å². The molecule has 186 valence electrons. The van der Waals surface area contributed by atoms with E-state index in [0.717, 1.165) is 5.56 Å². The lowest BCUT2D eigenvalue weighted by Gasteiger charge is -2.21. The molecular weight excluding hydrogens is 450 g/mol. The van der Waals surface area contributed by atoms with E-state index in [0.29, 0.717) is 36.3 Å². The van der Waals surface area contributed by atoms with E-state index in [2.05, 4.69) is 39.8 Å². The van der Waals surface area contributed by atoms with Crippen LogP contribution in [0.5, 0.6) is 0 Å². The highest BCUT2D eigenvalue weighted by atomic mass is 16.5. The number of aliphatic imine (C=N–C) groups is 1. The number of rotatable bonds is 10. The van der Waals surface area contributed by atoms with Crippen LogP contribution in [0.15, 0.2) is 53.7 Å². The van der Waals surface area contributed by atoms with Gasteiger partial charge in [-0.2, -0.15) is 0 Å². The Morgan fingerprint density at radius 1 is 1.11 bits per heavy atom. The molecule has 0 radical (unpaired) electrons. The molecule has 0 aliphatic carbocycles. The minimum atomic E-state index is -0.409. The van der Waals surface area contributed by atoms with Crippen molar-refractivity contribution in [1.29, 1.82) is 0 Å². The third-order valence-electron chi connectivity index (χ3n) is 5.18. The summed E-state index contributed by atoms with van der Waals surface area (Å²) in [6, 6.07) is 11.5. The SMILES string of the molecule is COC(=O)CC1CN=C(C(CC(C)C)NC(=O)Cc2ccc(NC(=O)Nc3ccccn3)cc2)O1. The average Bonchev–Trinajstić information content (AvgIpc) is 3.28. The number of pyridine rings is 1. The summed E-state index contributed by atoms with van der Waals surface area (Å²) in [4.78, 5) is 44.8. The summed E-state index contributed by atoms with van der Waals surface area (Å²) in [5.74, 6) is 0.657. The highest BCUT2D eigenvalue weighted by Gasteiger charge is 2.30. The molecule has 1 aliphatic heterocycles. The molecule has 2 heterocycles. The Labute approximate surface area is 204 Å². The first-order valence-corrected chi connectivity index (χ1v) is 11.5. The van der Waals surface area contributed by atoms with Gasteiger partial charge in [-0.1, -0.05) is 32.0 Å². The molecule has 2 aromatic rings. The molecule has 3 N–H and O–H groups in total. The normalized spacial score (nSPS) is 15.5. The molecule has 0 bridgehead atoms. The Morgan fingerprint density at radius 3 is 2.54 bits per heavy atom. The number of hydrogen-bond donors (Lipinski definition) is 3. The molecule has 2 unspecified atom stereocenters. The Balaban J connectivity index is 1.52. The number of esters is 1. The van der Waals surface area contributed by atoms with Crippen molar-refractivity contribution in [3.05, 3.63) is 54.2 Å². The molecule has 10 nitrogen and oxygen atoms in total. The molecule has 35 heavy (non-hydrogen) atoms. The fourth-order valence-electron chi connectivity index (χ4n) is 3.55. The zero-order valence-corrected chi connectivity index (χ0v) is 20.1. The van der Waals surface area contributed by atoms with Gasteiger partial charge in [0.15, 0.2) is 0 Å². The van der Waals surface area contributed by atoms with Gasteiger partial charge in [0.05, 0.1) is 26.5 Å². The molecule has 3 rings (SSSR count). The van der Waals surface area contributed by atoms with Gasteiger partial charge in [0.2, 0.25) is 11.8 Å². The Bertz CT molecular complexity index is 1040. The van der Waals surface area contributed by atoms with Crippen LogP contribution in [0, 0.1) is 5.92 Å². The zero-order chi connectivity index (χ0) is 25.2. The molecule has 1 aromatic heterocycles. The fourth-order valence-corrected chi connectivity index (χ4v) is 3.55. The summed E-state index contributed by atoms with van der Waals surface area (Å²) in [7, 11) is 1.33. The van der Waals surface area contributed by atoms with Crippen molar-refractivity contribution in [3.63, 3.8) is 0 Å². The van der Waals surface area contributed by atoms with Gasteiger partial charge >= 0.3 is 12.0 Å². The highest BCUT2D eigenvalue weighted by Crippen LogP contribution is 2.17. The highest BCUT2D eigenvalue weighted by molar-refractivity contribution is 5.99. The van der Waals surface area contributed by atoms with Crippen LogP contribution in [0.2, 0.25) is 0 Å². The first-order chi connectivity index (χ1) is 16.8. The van der Waals surface area contributed by atoms with Crippen LogP contribution in [0.3, 0.4) is 0 Å². The predicted molar refractivity (Wildman–Crippen MR) is 132 cm³/mol. The number of methoxy groups -OCH3 is 1. The maximum absolute atomic E-state index is 12.8. The summed E-state index contributed by atoms with van der Waals surface area (Å²) < 4.78 is 10.5. The first-order valence-electron chi connectivity index (χ1n) is 11.5. The van der Waals surface area contributed by atoms with E-state index in [1.54, 1.807) is 48.7 Å². The Kier molecular flexibility index (Phi) is 9.16. The molecule has 1 aliphatic rings. The molecule has 0 fully saturated rings. The van der Waals surface area contributed by atoms with Crippen molar-refractivity contribution in [1.82, 2.24) is 10.3 Å². The third kappa shape index (κ3) is 8.40. The van der Waals surface area contributed by atoms with Crippen LogP contribution in [-0.2, 0) is 25.5 Å². The second kappa shape index (κ2) is 12.5. The second-order valence-corrected chi connectivity index (χ2v) is 8.62. The molecule has 2 atom stereocenters. The van der Waals surface area contributed by atoms with Crippen molar-refractivity contribution in [2.24, 2.45) is 10.9 Å². The molecule has 0 saturated carbocycles. The van der Waals surface area contributed by atoms with Crippen molar-refractivity contribution >= 4 is 35.3 Å². The summed E-state index contributed by atoms with van der Waals surface area (Å²) in [5, 5.41) is 8.37. The van der Waals surface area contributed by atoms with E-state index in [1.807, 2.05) is 0 Å². The predicted octanol–water partition coefficient (Wildman–Crippen LogP) is 3.16. The van der Waals surface area contributed by atoms with E-state index in [-0.39, 0.29) is 36.9 Å². The summed E-state index contributed by atoms with van der Waals surface area (Å²) in [6.45, 7) is 4.46. The minimum Gasteiger partial charge on any atom is -0.474 e. The van der Waals surface area contributed by atoms with Crippen LogP contribution in [0.1, 0.15) is 32.3 Å². The number of anilines is 2. The van der Waals surface area contributed by atoms with Crippen molar-refractivity contribution in [3.8, 4) is 0 Å². The van der Waals surface area contributed by atoms with E-state index in [1.165, 1.54) is 7.11 Å². The molecule has 0 saturated heterocycles. The van der Waals surface area contributed by atoms with Gasteiger partial charge in [0.25, 0.3) is 0 Å². The lowest BCUT2D eigenvalue weighted by atomic mass is 10.0. The number of ether oxygens (including phenoxy) is 2. The van der Waals surface area contributed by atoms with Gasteiger partial charge in [-0.15, -0.1) is 0 Å². The monoisotopic (exact) mass is 481 g/mol. The maximum Gasteiger partial charge on any atom is 0.324 e. The van der Waals surface area contributed by atoms with E-state index in [9.17, 15) is 14.4 Å². The number of hydrogen-bond acceptors (Lipinski definition) is 7. The largest absolute Gasteiger partial charge is 0.474 e. The number of aromatic nitrogens is 1. The molecule has 1 aromatic carbocycles. The Hall–Kier alpha value is -3.95. The lowest BCUT2D eigenvalue weighted by molar-refractivity contribution is -0.142. The zero-order valence-electron chi connectivity index (χ0n) is 20.1. The molecular formula is C25H31N5O5. The summed E-state index contributed by atoms with van der Waals surface area (Å²) in [6.07, 6.45) is 2.15. The first kappa shape index (κ1) is 25.7. The van der Waals surface area contributed by atoms with Gasteiger partial charge < -0.3 is 20.1 Å². The second-order valence-electron chi connectivity index (χ2n) is 8.62. The van der Waals surface area contributed by atoms with Crippen molar-refractivity contribution < 1.29 is 23.9 Å². The number of nitrogens with one attached hydrogen (secondary N) is 3. The van der Waals surface area contributed by atoms with Gasteiger partial charge in [-0.3, -0.25) is 14.9 Å². The maximum atomic E-state index is 12.8. The van der Waals surface area contributed by atoms with E-state index in [4.69, 9.17) is 9.47 Å². The van der Waals surface area contributed by atoms with E-state index < -0.39 is 6.03 Å². The van der Waals surface area contributed by atoms with Crippen molar-refractivity contribution in [2.75, 3.05) is 24.3 Å². The number of urea groups is 1. The standard InChI is InChI=1S/C25H31N5O5/c1-16(2)12-20(24-27-15-19(35-24)14-23(32)34-3)29-22(31)13-17-7-9-18(10-8-17)28-25(33)30-21-6-4-5-11-26-21/h4-11,16,19-20H,12-15H2,1-3H3,(H,29,31)(H2,26,28,30,33). The lowest BCUT2D eigenvalue weighted by Crippen LogP contribution is -2.43. The average molecular weight is 482 g/mol. The van der Waals surface area contributed by atoms with Crippen LogP contribution in [-0.4, -0.2) is 54.6 Å².